The number of benzene rings is 2. The maximum atomic E-state index is 14.0. The molecule has 0 spiro atoms. The second-order valence-corrected chi connectivity index (χ2v) is 11.2. The van der Waals surface area contributed by atoms with E-state index in [1.54, 1.807) is 39.2 Å². The summed E-state index contributed by atoms with van der Waals surface area (Å²) in [5.41, 5.74) is 1.83. The summed E-state index contributed by atoms with van der Waals surface area (Å²) in [6, 6.07) is 8.23. The zero-order chi connectivity index (χ0) is 29.8. The first kappa shape index (κ1) is 30.4. The van der Waals surface area contributed by atoms with Crippen LogP contribution in [0.25, 0.3) is 6.08 Å². The van der Waals surface area contributed by atoms with E-state index in [1.165, 1.54) is 23.0 Å². The normalized spacial score (nSPS) is 15.0. The summed E-state index contributed by atoms with van der Waals surface area (Å²) in [5, 5.41) is 0. The summed E-state index contributed by atoms with van der Waals surface area (Å²) in [4.78, 5) is 32.4. The molecule has 3 aromatic rings. The van der Waals surface area contributed by atoms with Crippen molar-refractivity contribution in [3.8, 4) is 23.0 Å². The first-order valence-electron chi connectivity index (χ1n) is 13.2. The van der Waals surface area contributed by atoms with Gasteiger partial charge in [-0.3, -0.25) is 9.36 Å². The third kappa shape index (κ3) is 6.20. The van der Waals surface area contributed by atoms with Crippen LogP contribution in [0.4, 0.5) is 0 Å². The van der Waals surface area contributed by atoms with Crippen LogP contribution in [0.1, 0.15) is 51.8 Å². The fourth-order valence-corrected chi connectivity index (χ4v) is 6.14. The number of hydrogen-bond donors (Lipinski definition) is 0. The van der Waals surface area contributed by atoms with Gasteiger partial charge in [-0.05, 0) is 76.1 Å². The number of hydrogen-bond acceptors (Lipinski definition) is 9. The first-order chi connectivity index (χ1) is 19.6. The van der Waals surface area contributed by atoms with Crippen molar-refractivity contribution in [2.24, 2.45) is 4.99 Å². The van der Waals surface area contributed by atoms with Crippen LogP contribution in [0, 0.1) is 0 Å². The maximum absolute atomic E-state index is 14.0. The quantitative estimate of drug-likeness (QED) is 0.294. The minimum Gasteiger partial charge on any atom is -0.493 e. The van der Waals surface area contributed by atoms with Gasteiger partial charge in [-0.2, -0.15) is 0 Å². The topological polar surface area (TPSA) is 97.6 Å². The van der Waals surface area contributed by atoms with Crippen molar-refractivity contribution in [1.82, 2.24) is 4.57 Å². The molecule has 41 heavy (non-hydrogen) atoms. The zero-order valence-corrected chi connectivity index (χ0v) is 26.5. The first-order valence-corrected chi connectivity index (χ1v) is 14.8. The van der Waals surface area contributed by atoms with Crippen molar-refractivity contribution < 1.29 is 28.5 Å². The Labute approximate surface area is 250 Å². The van der Waals surface area contributed by atoms with Crippen LogP contribution in [0.2, 0.25) is 0 Å². The molecule has 0 N–H and O–H groups in total. The van der Waals surface area contributed by atoms with E-state index in [0.29, 0.717) is 54.7 Å². The average Bonchev–Trinajstić information content (AvgIpc) is 3.23. The van der Waals surface area contributed by atoms with Gasteiger partial charge in [-0.15, -0.1) is 0 Å². The molecule has 1 aliphatic rings. The Morgan fingerprint density at radius 1 is 1.07 bits per heavy atom. The summed E-state index contributed by atoms with van der Waals surface area (Å²) in [7, 11) is 3.07. The number of carbonyl (C=O) groups is 1. The number of fused-ring (bicyclic) bond motifs is 1. The highest BCUT2D eigenvalue weighted by Gasteiger charge is 2.35. The van der Waals surface area contributed by atoms with Crippen molar-refractivity contribution in [3.63, 3.8) is 0 Å². The number of aromatic nitrogens is 1. The minimum atomic E-state index is -0.817. The number of methoxy groups -OCH3 is 2. The number of ether oxygens (including phenoxy) is 5. The molecule has 0 fully saturated rings. The monoisotopic (exact) mass is 644 g/mol. The van der Waals surface area contributed by atoms with Gasteiger partial charge in [0.05, 0.1) is 55.4 Å². The third-order valence-corrected chi connectivity index (χ3v) is 7.91. The highest BCUT2D eigenvalue weighted by atomic mass is 79.9. The van der Waals surface area contributed by atoms with Crippen molar-refractivity contribution in [1.29, 1.82) is 0 Å². The van der Waals surface area contributed by atoms with E-state index in [4.69, 9.17) is 23.7 Å². The molecule has 218 valence electrons. The Kier molecular flexibility index (Phi) is 9.60. The summed E-state index contributed by atoms with van der Waals surface area (Å²) < 4.78 is 30.7. The Hall–Kier alpha value is -3.57. The van der Waals surface area contributed by atoms with Gasteiger partial charge in [0.2, 0.25) is 0 Å². The van der Waals surface area contributed by atoms with Gasteiger partial charge in [0, 0.05) is 4.47 Å². The van der Waals surface area contributed by atoms with Crippen LogP contribution in [-0.2, 0) is 9.53 Å². The minimum absolute atomic E-state index is 0.0171. The van der Waals surface area contributed by atoms with E-state index in [2.05, 4.69) is 20.9 Å². The van der Waals surface area contributed by atoms with Crippen LogP contribution in [0.5, 0.6) is 23.0 Å². The van der Waals surface area contributed by atoms with Crippen LogP contribution >= 0.6 is 27.3 Å². The fraction of sp³-hybridized carbons (Fsp3) is 0.367. The molecular formula is C30H33BrN2O7S. The van der Waals surface area contributed by atoms with Gasteiger partial charge in [-0.25, -0.2) is 9.79 Å². The molecule has 0 bridgehead atoms. The predicted molar refractivity (Wildman–Crippen MR) is 161 cm³/mol. The van der Waals surface area contributed by atoms with E-state index in [9.17, 15) is 9.59 Å². The molecule has 1 aromatic heterocycles. The van der Waals surface area contributed by atoms with Crippen LogP contribution in [0.15, 0.2) is 55.9 Å². The van der Waals surface area contributed by atoms with Gasteiger partial charge in [0.25, 0.3) is 5.56 Å². The van der Waals surface area contributed by atoms with E-state index in [0.717, 1.165) is 5.56 Å². The van der Waals surface area contributed by atoms with Gasteiger partial charge in [0.15, 0.2) is 27.8 Å². The fourth-order valence-electron chi connectivity index (χ4n) is 4.55. The number of carbonyl (C=O) groups excluding carboxylic acids is 1. The largest absolute Gasteiger partial charge is 0.493 e. The average molecular weight is 646 g/mol. The number of nitrogens with zero attached hydrogens (tertiary/aromatic N) is 2. The van der Waals surface area contributed by atoms with E-state index in [-0.39, 0.29) is 23.8 Å². The molecule has 11 heteroatoms. The highest BCUT2D eigenvalue weighted by molar-refractivity contribution is 9.10. The summed E-state index contributed by atoms with van der Waals surface area (Å²) in [6.45, 7) is 9.92. The number of allylic oxidation sites excluding steroid dienone is 1. The van der Waals surface area contributed by atoms with Crippen molar-refractivity contribution in [3.05, 3.63) is 76.9 Å². The number of thiazole rings is 1. The molecule has 0 amide bonds. The van der Waals surface area contributed by atoms with Gasteiger partial charge >= 0.3 is 5.97 Å². The van der Waals surface area contributed by atoms with Crippen molar-refractivity contribution >= 4 is 39.3 Å². The molecule has 2 aromatic carbocycles. The van der Waals surface area contributed by atoms with Crippen LogP contribution < -0.4 is 33.8 Å². The smallest absolute Gasteiger partial charge is 0.338 e. The Balaban J connectivity index is 1.94. The molecule has 0 radical (unpaired) electrons. The Morgan fingerprint density at radius 3 is 2.41 bits per heavy atom. The zero-order valence-electron chi connectivity index (χ0n) is 24.1. The van der Waals surface area contributed by atoms with Crippen molar-refractivity contribution in [2.75, 3.05) is 27.4 Å². The molecule has 0 unspecified atom stereocenters. The standard InChI is InChI=1S/C30H33BrN2O7S/c1-8-38-24-12-18(10-11-21(24)40-16(3)4)13-25-28(34)33-27(19-14-22(36-6)23(37-7)15-20(19)31)26(29(35)39-9-2)17(5)32-30(33)41-25/h10-16,27H,8-9H2,1-7H3/b25-13-/t27-/m1/s1. The SMILES string of the molecule is CCOC(=O)C1=C(C)N=c2s/c(=C\c3ccc(OC(C)C)c(OCC)c3)c(=O)n2[C@@H]1c1cc(OC)c(OC)cc1Br. The number of halogens is 1. The van der Waals surface area contributed by atoms with Crippen LogP contribution in [0.3, 0.4) is 0 Å². The lowest BCUT2D eigenvalue weighted by atomic mass is 9.95. The van der Waals surface area contributed by atoms with Crippen LogP contribution in [-0.4, -0.2) is 44.1 Å². The van der Waals surface area contributed by atoms with E-state index >= 15 is 0 Å². The highest BCUT2D eigenvalue weighted by Crippen LogP contribution is 2.40. The maximum Gasteiger partial charge on any atom is 0.338 e. The molecule has 9 nitrogen and oxygen atoms in total. The van der Waals surface area contributed by atoms with E-state index in [1.807, 2.05) is 39.0 Å². The lowest BCUT2D eigenvalue weighted by Crippen LogP contribution is -2.40. The lowest BCUT2D eigenvalue weighted by molar-refractivity contribution is -0.139. The molecule has 0 saturated carbocycles. The van der Waals surface area contributed by atoms with Gasteiger partial charge < -0.3 is 23.7 Å². The molecule has 2 heterocycles. The van der Waals surface area contributed by atoms with Crippen molar-refractivity contribution in [2.45, 2.75) is 46.8 Å². The lowest BCUT2D eigenvalue weighted by Gasteiger charge is -2.26. The second-order valence-electron chi connectivity index (χ2n) is 9.34. The Morgan fingerprint density at radius 2 is 1.78 bits per heavy atom. The third-order valence-electron chi connectivity index (χ3n) is 6.24. The number of esters is 1. The summed E-state index contributed by atoms with van der Waals surface area (Å²) in [5.74, 6) is 1.64. The summed E-state index contributed by atoms with van der Waals surface area (Å²) in [6.07, 6.45) is 1.77. The Bertz CT molecular complexity index is 1670. The van der Waals surface area contributed by atoms with Gasteiger partial charge in [-0.1, -0.05) is 33.3 Å². The predicted octanol–water partition coefficient (Wildman–Crippen LogP) is 4.76. The molecular weight excluding hydrogens is 612 g/mol. The molecule has 1 atom stereocenters. The molecule has 0 aliphatic carbocycles. The second kappa shape index (κ2) is 12.9. The molecule has 4 rings (SSSR count). The molecule has 1 aliphatic heterocycles. The van der Waals surface area contributed by atoms with E-state index < -0.39 is 12.0 Å². The van der Waals surface area contributed by atoms with Gasteiger partial charge in [0.1, 0.15) is 0 Å². The summed E-state index contributed by atoms with van der Waals surface area (Å²) >= 11 is 4.86. The molecule has 0 saturated heterocycles. The number of rotatable bonds is 10.